The predicted molar refractivity (Wildman–Crippen MR) is 75.4 cm³/mol. The van der Waals surface area contributed by atoms with Crippen LogP contribution in [0.4, 0.5) is 4.79 Å². The minimum Gasteiger partial charge on any atom is -0.444 e. The van der Waals surface area contributed by atoms with E-state index in [1.807, 2.05) is 43.9 Å². The van der Waals surface area contributed by atoms with Crippen LogP contribution in [0.5, 0.6) is 0 Å². The molecule has 0 spiro atoms. The summed E-state index contributed by atoms with van der Waals surface area (Å²) in [5.41, 5.74) is 0.344. The van der Waals surface area contributed by atoms with Gasteiger partial charge >= 0.3 is 6.09 Å². The molecule has 1 amide bonds. The van der Waals surface area contributed by atoms with Gasteiger partial charge in [0, 0.05) is 6.42 Å². The van der Waals surface area contributed by atoms with Crippen LogP contribution in [-0.4, -0.2) is 35.8 Å². The Morgan fingerprint density at radius 3 is 2.70 bits per heavy atom. The molecule has 2 unspecified atom stereocenters. The highest BCUT2D eigenvalue weighted by molar-refractivity contribution is 5.69. The van der Waals surface area contributed by atoms with Crippen molar-refractivity contribution in [2.75, 3.05) is 13.2 Å². The summed E-state index contributed by atoms with van der Waals surface area (Å²) in [6.45, 7) is 6.85. The van der Waals surface area contributed by atoms with E-state index in [1.54, 1.807) is 0 Å². The summed E-state index contributed by atoms with van der Waals surface area (Å²) in [6, 6.07) is 10.3. The minimum atomic E-state index is -0.459. The zero-order valence-electron chi connectivity index (χ0n) is 12.3. The molecule has 2 atom stereocenters. The van der Waals surface area contributed by atoms with Crippen LogP contribution in [0.25, 0.3) is 0 Å². The fraction of sp³-hybridized carbons (Fsp3) is 0.562. The number of benzene rings is 1. The topological polar surface area (TPSA) is 38.8 Å². The van der Waals surface area contributed by atoms with Gasteiger partial charge in [-0.25, -0.2) is 4.79 Å². The van der Waals surface area contributed by atoms with E-state index < -0.39 is 5.60 Å². The molecular formula is C16H21NO3. The smallest absolute Gasteiger partial charge is 0.410 e. The number of likely N-dealkylation sites (tertiary alicyclic amines) is 1. The number of rotatable bonds is 1. The second kappa shape index (κ2) is 4.48. The van der Waals surface area contributed by atoms with Crippen molar-refractivity contribution in [3.8, 4) is 0 Å². The summed E-state index contributed by atoms with van der Waals surface area (Å²) in [6.07, 6.45) is 0.625. The van der Waals surface area contributed by atoms with Crippen molar-refractivity contribution < 1.29 is 14.3 Å². The zero-order chi connectivity index (χ0) is 14.4. The number of amides is 1. The van der Waals surface area contributed by atoms with Crippen molar-refractivity contribution >= 4 is 6.09 Å². The van der Waals surface area contributed by atoms with Gasteiger partial charge in [0.25, 0.3) is 0 Å². The lowest BCUT2D eigenvalue weighted by Crippen LogP contribution is -2.46. The summed E-state index contributed by atoms with van der Waals surface area (Å²) in [4.78, 5) is 14.1. The van der Waals surface area contributed by atoms with Crippen LogP contribution >= 0.6 is 0 Å². The van der Waals surface area contributed by atoms with Crippen molar-refractivity contribution in [2.24, 2.45) is 0 Å². The van der Waals surface area contributed by atoms with Gasteiger partial charge in [0.2, 0.25) is 0 Å². The zero-order valence-corrected chi connectivity index (χ0v) is 12.3. The van der Waals surface area contributed by atoms with Crippen LogP contribution in [0.15, 0.2) is 30.3 Å². The number of fused-ring (bicyclic) bond motifs is 2. The number of ether oxygens (including phenoxy) is 2. The maximum atomic E-state index is 12.3. The molecule has 0 aliphatic carbocycles. The van der Waals surface area contributed by atoms with Gasteiger partial charge in [0.05, 0.1) is 19.2 Å². The first-order valence-corrected chi connectivity index (χ1v) is 7.09. The molecular weight excluding hydrogens is 254 g/mol. The third-order valence-electron chi connectivity index (χ3n) is 3.91. The van der Waals surface area contributed by atoms with Crippen molar-refractivity contribution in [1.82, 2.24) is 4.90 Å². The van der Waals surface area contributed by atoms with Crippen LogP contribution in [0.3, 0.4) is 0 Å². The van der Waals surface area contributed by atoms with Gasteiger partial charge in [0.1, 0.15) is 11.2 Å². The molecule has 20 heavy (non-hydrogen) atoms. The molecule has 2 aliphatic heterocycles. The number of carbonyl (C=O) groups is 1. The third-order valence-corrected chi connectivity index (χ3v) is 3.91. The molecule has 0 radical (unpaired) electrons. The maximum absolute atomic E-state index is 12.3. The molecule has 0 aromatic heterocycles. The lowest BCUT2D eigenvalue weighted by atomic mass is 9.93. The Bertz CT molecular complexity index is 508. The van der Waals surface area contributed by atoms with E-state index in [1.165, 1.54) is 0 Å². The molecule has 0 N–H and O–H groups in total. The lowest BCUT2D eigenvalue weighted by Gasteiger charge is -2.34. The van der Waals surface area contributed by atoms with E-state index in [9.17, 15) is 4.79 Å². The number of hydrogen-bond acceptors (Lipinski definition) is 3. The summed E-state index contributed by atoms with van der Waals surface area (Å²) in [5.74, 6) is 0. The molecule has 2 saturated heterocycles. The van der Waals surface area contributed by atoms with E-state index in [4.69, 9.17) is 9.47 Å². The summed E-state index contributed by atoms with van der Waals surface area (Å²) >= 11 is 0. The largest absolute Gasteiger partial charge is 0.444 e. The van der Waals surface area contributed by atoms with Gasteiger partial charge in [-0.1, -0.05) is 30.3 Å². The van der Waals surface area contributed by atoms with Crippen LogP contribution in [0, 0.1) is 0 Å². The molecule has 1 aromatic rings. The molecule has 2 heterocycles. The molecule has 1 aromatic carbocycles. The average molecular weight is 275 g/mol. The fourth-order valence-electron chi connectivity index (χ4n) is 3.04. The number of carbonyl (C=O) groups excluding carboxylic acids is 1. The molecule has 2 fully saturated rings. The Balaban J connectivity index is 1.79. The van der Waals surface area contributed by atoms with E-state index in [0.29, 0.717) is 13.2 Å². The second-order valence-corrected chi connectivity index (χ2v) is 6.64. The van der Waals surface area contributed by atoms with Crippen molar-refractivity contribution in [3.05, 3.63) is 35.9 Å². The number of hydrogen-bond donors (Lipinski definition) is 0. The maximum Gasteiger partial charge on any atom is 0.410 e. The molecule has 3 rings (SSSR count). The molecule has 4 nitrogen and oxygen atoms in total. The summed E-state index contributed by atoms with van der Waals surface area (Å²) in [5, 5.41) is 0. The molecule has 4 heteroatoms. The first-order valence-electron chi connectivity index (χ1n) is 7.09. The Kier molecular flexibility index (Phi) is 3.01. The van der Waals surface area contributed by atoms with Crippen LogP contribution in [0.1, 0.15) is 32.8 Å². The average Bonchev–Trinajstić information content (AvgIpc) is 2.97. The van der Waals surface area contributed by atoms with E-state index in [-0.39, 0.29) is 17.7 Å². The highest BCUT2D eigenvalue weighted by atomic mass is 16.6. The Hall–Kier alpha value is -1.55. The highest BCUT2D eigenvalue weighted by Gasteiger charge is 2.54. The van der Waals surface area contributed by atoms with E-state index in [0.717, 1.165) is 12.0 Å². The van der Waals surface area contributed by atoms with Crippen LogP contribution < -0.4 is 0 Å². The molecule has 2 bridgehead atoms. The van der Waals surface area contributed by atoms with Crippen LogP contribution in [0.2, 0.25) is 0 Å². The Morgan fingerprint density at radius 1 is 1.35 bits per heavy atom. The van der Waals surface area contributed by atoms with E-state index in [2.05, 4.69) is 12.1 Å². The molecule has 0 saturated carbocycles. The third kappa shape index (κ3) is 2.29. The minimum absolute atomic E-state index is 0.130. The van der Waals surface area contributed by atoms with Gasteiger partial charge in [-0.15, -0.1) is 0 Å². The number of morpholine rings is 1. The first kappa shape index (κ1) is 13.4. The monoisotopic (exact) mass is 275 g/mol. The van der Waals surface area contributed by atoms with Crippen molar-refractivity contribution in [2.45, 2.75) is 44.4 Å². The summed E-state index contributed by atoms with van der Waals surface area (Å²) < 4.78 is 11.5. The lowest BCUT2D eigenvalue weighted by molar-refractivity contribution is -0.0558. The van der Waals surface area contributed by atoms with Gasteiger partial charge in [-0.05, 0) is 26.3 Å². The van der Waals surface area contributed by atoms with Crippen LogP contribution in [-0.2, 0) is 15.1 Å². The number of nitrogens with zero attached hydrogens (tertiary/aromatic N) is 1. The van der Waals surface area contributed by atoms with Gasteiger partial charge in [-0.2, -0.15) is 0 Å². The highest BCUT2D eigenvalue weighted by Crippen LogP contribution is 2.45. The van der Waals surface area contributed by atoms with Crippen molar-refractivity contribution in [1.29, 1.82) is 0 Å². The normalized spacial score (nSPS) is 28.8. The predicted octanol–water partition coefficient (Wildman–Crippen LogP) is 2.92. The van der Waals surface area contributed by atoms with Gasteiger partial charge < -0.3 is 9.47 Å². The fourth-order valence-corrected chi connectivity index (χ4v) is 3.04. The quantitative estimate of drug-likeness (QED) is 0.791. The summed E-state index contributed by atoms with van der Waals surface area (Å²) in [7, 11) is 0. The Labute approximate surface area is 119 Å². The van der Waals surface area contributed by atoms with Crippen molar-refractivity contribution in [3.63, 3.8) is 0 Å². The Morgan fingerprint density at radius 2 is 2.05 bits per heavy atom. The molecule has 2 aliphatic rings. The van der Waals surface area contributed by atoms with Gasteiger partial charge in [0.15, 0.2) is 0 Å². The molecule has 108 valence electrons. The first-order chi connectivity index (χ1) is 9.40. The SMILES string of the molecule is CC(C)(C)OC(=O)N1CC2(c3ccccc3)CC1CO2. The second-order valence-electron chi connectivity index (χ2n) is 6.64. The van der Waals surface area contributed by atoms with Gasteiger partial charge in [-0.3, -0.25) is 4.90 Å². The standard InChI is InChI=1S/C16H21NO3/c1-15(2,3)20-14(18)17-11-16(9-13(17)10-19-16)12-7-5-4-6-8-12/h4-8,13H,9-11H2,1-3H3. The van der Waals surface area contributed by atoms with E-state index >= 15 is 0 Å².